The number of ether oxygens (including phenoxy) is 1. The van der Waals surface area contributed by atoms with Crippen LogP contribution in [0.4, 0.5) is 0 Å². The number of carbonyl (C=O) groups excluding carboxylic acids is 1. The standard InChI is InChI=1S/C23H24Cl2N4O2/c1-14(31-22-5-2-15(9-26)10-28-22)18-12-29(23(30)17-6-7-27-11-17)13-19(18)16-3-4-20(24)21(25)8-16/h2-5,8,10,14,17-19,27H,6-7,11-13H2,1H3. The number of carbonyl (C=O) groups is 1. The van der Waals surface area contributed by atoms with Crippen LogP contribution >= 0.6 is 23.2 Å². The van der Waals surface area contributed by atoms with E-state index < -0.39 is 0 Å². The van der Waals surface area contributed by atoms with Gasteiger partial charge in [-0.15, -0.1) is 0 Å². The van der Waals surface area contributed by atoms with E-state index in [2.05, 4.69) is 16.4 Å². The highest BCUT2D eigenvalue weighted by Gasteiger charge is 2.42. The molecule has 1 N–H and O–H groups in total. The van der Waals surface area contributed by atoms with Crippen molar-refractivity contribution in [2.24, 2.45) is 11.8 Å². The van der Waals surface area contributed by atoms with Crippen LogP contribution in [-0.2, 0) is 4.79 Å². The van der Waals surface area contributed by atoms with Gasteiger partial charge in [-0.25, -0.2) is 4.98 Å². The molecule has 162 valence electrons. The van der Waals surface area contributed by atoms with Crippen molar-refractivity contribution in [1.29, 1.82) is 5.26 Å². The van der Waals surface area contributed by atoms with Crippen LogP contribution in [-0.4, -0.2) is 48.1 Å². The molecule has 2 fully saturated rings. The molecule has 8 heteroatoms. The number of hydrogen-bond acceptors (Lipinski definition) is 5. The van der Waals surface area contributed by atoms with Gasteiger partial charge in [-0.3, -0.25) is 4.79 Å². The van der Waals surface area contributed by atoms with Crippen molar-refractivity contribution < 1.29 is 9.53 Å². The summed E-state index contributed by atoms with van der Waals surface area (Å²) in [7, 11) is 0. The lowest BCUT2D eigenvalue weighted by Gasteiger charge is -2.25. The number of likely N-dealkylation sites (tertiary alicyclic amines) is 1. The molecule has 2 aromatic rings. The molecule has 0 saturated carbocycles. The van der Waals surface area contributed by atoms with Gasteiger partial charge in [0.05, 0.1) is 21.5 Å². The van der Waals surface area contributed by atoms with Crippen LogP contribution in [0.3, 0.4) is 0 Å². The van der Waals surface area contributed by atoms with Gasteiger partial charge in [0, 0.05) is 43.7 Å². The zero-order chi connectivity index (χ0) is 22.0. The molecular weight excluding hydrogens is 435 g/mol. The SMILES string of the molecule is CC(Oc1ccc(C#N)cn1)C1CN(C(=O)C2CCNC2)CC1c1ccc(Cl)c(Cl)c1. The number of halogens is 2. The number of hydrogen-bond donors (Lipinski definition) is 1. The minimum absolute atomic E-state index is 0.0321. The van der Waals surface area contributed by atoms with Gasteiger partial charge in [-0.05, 0) is 43.7 Å². The first-order valence-electron chi connectivity index (χ1n) is 10.4. The quantitative estimate of drug-likeness (QED) is 0.735. The van der Waals surface area contributed by atoms with E-state index in [-0.39, 0.29) is 29.8 Å². The van der Waals surface area contributed by atoms with E-state index in [1.807, 2.05) is 24.0 Å². The molecule has 0 aliphatic carbocycles. The second kappa shape index (κ2) is 9.44. The van der Waals surface area contributed by atoms with Crippen molar-refractivity contribution >= 4 is 29.1 Å². The van der Waals surface area contributed by atoms with Gasteiger partial charge in [-0.2, -0.15) is 5.26 Å². The van der Waals surface area contributed by atoms with Crippen molar-refractivity contribution in [3.05, 3.63) is 57.7 Å². The van der Waals surface area contributed by atoms with E-state index in [1.165, 1.54) is 6.20 Å². The van der Waals surface area contributed by atoms with Crippen molar-refractivity contribution in [1.82, 2.24) is 15.2 Å². The first kappa shape index (κ1) is 21.9. The molecule has 0 spiro atoms. The summed E-state index contributed by atoms with van der Waals surface area (Å²) in [5, 5.41) is 13.3. The maximum absolute atomic E-state index is 13.1. The number of aromatic nitrogens is 1. The maximum atomic E-state index is 13.1. The smallest absolute Gasteiger partial charge is 0.227 e. The minimum atomic E-state index is -0.195. The van der Waals surface area contributed by atoms with E-state index in [0.717, 1.165) is 25.1 Å². The highest BCUT2D eigenvalue weighted by molar-refractivity contribution is 6.42. The number of nitrogens with zero attached hydrogens (tertiary/aromatic N) is 3. The second-order valence-electron chi connectivity index (χ2n) is 8.20. The van der Waals surface area contributed by atoms with Crippen molar-refractivity contribution in [3.8, 4) is 11.9 Å². The minimum Gasteiger partial charge on any atom is -0.474 e. The van der Waals surface area contributed by atoms with Crippen LogP contribution in [0.1, 0.15) is 30.4 Å². The molecule has 31 heavy (non-hydrogen) atoms. The molecule has 0 radical (unpaired) electrons. The van der Waals surface area contributed by atoms with E-state index in [9.17, 15) is 4.79 Å². The van der Waals surface area contributed by atoms with E-state index in [4.69, 9.17) is 33.2 Å². The van der Waals surface area contributed by atoms with Crippen LogP contribution in [0, 0.1) is 23.2 Å². The topological polar surface area (TPSA) is 78.2 Å². The first-order chi connectivity index (χ1) is 15.0. The fourth-order valence-electron chi connectivity index (χ4n) is 4.50. The molecule has 1 amide bonds. The van der Waals surface area contributed by atoms with Crippen molar-refractivity contribution in [2.75, 3.05) is 26.2 Å². The molecule has 3 heterocycles. The molecule has 4 rings (SSSR count). The van der Waals surface area contributed by atoms with Gasteiger partial charge in [-0.1, -0.05) is 29.3 Å². The molecule has 6 nitrogen and oxygen atoms in total. The van der Waals surface area contributed by atoms with Crippen LogP contribution in [0.15, 0.2) is 36.5 Å². The maximum Gasteiger partial charge on any atom is 0.227 e. The number of benzene rings is 1. The van der Waals surface area contributed by atoms with Crippen LogP contribution in [0.5, 0.6) is 5.88 Å². The van der Waals surface area contributed by atoms with E-state index in [0.29, 0.717) is 34.6 Å². The highest BCUT2D eigenvalue weighted by Crippen LogP contribution is 2.39. The molecular formula is C23H24Cl2N4O2. The summed E-state index contributed by atoms with van der Waals surface area (Å²) >= 11 is 12.4. The Morgan fingerprint density at radius 2 is 2.13 bits per heavy atom. The molecule has 2 aliphatic heterocycles. The fraction of sp³-hybridized carbons (Fsp3) is 0.435. The van der Waals surface area contributed by atoms with Gasteiger partial charge in [0.1, 0.15) is 12.2 Å². The summed E-state index contributed by atoms with van der Waals surface area (Å²) in [5.74, 6) is 0.824. The summed E-state index contributed by atoms with van der Waals surface area (Å²) < 4.78 is 6.13. The lowest BCUT2D eigenvalue weighted by Crippen LogP contribution is -2.36. The summed E-state index contributed by atoms with van der Waals surface area (Å²) in [4.78, 5) is 19.3. The Morgan fingerprint density at radius 3 is 2.77 bits per heavy atom. The van der Waals surface area contributed by atoms with Crippen molar-refractivity contribution in [3.63, 3.8) is 0 Å². The molecule has 4 atom stereocenters. The first-order valence-corrected chi connectivity index (χ1v) is 11.2. The average molecular weight is 459 g/mol. The Bertz CT molecular complexity index is 986. The lowest BCUT2D eigenvalue weighted by atomic mass is 9.86. The number of pyridine rings is 1. The summed E-state index contributed by atoms with van der Waals surface area (Å²) in [6, 6.07) is 11.1. The molecule has 4 unspecified atom stereocenters. The number of nitriles is 1. The zero-order valence-electron chi connectivity index (χ0n) is 17.2. The van der Waals surface area contributed by atoms with Crippen LogP contribution < -0.4 is 10.1 Å². The van der Waals surface area contributed by atoms with Crippen LogP contribution in [0.25, 0.3) is 0 Å². The molecule has 1 aromatic carbocycles. The lowest BCUT2D eigenvalue weighted by molar-refractivity contribution is -0.134. The normalized spacial score (nSPS) is 24.1. The predicted octanol–water partition coefficient (Wildman–Crippen LogP) is 3.88. The Balaban J connectivity index is 1.56. The Morgan fingerprint density at radius 1 is 1.29 bits per heavy atom. The number of amides is 1. The summed E-state index contributed by atoms with van der Waals surface area (Å²) in [6.07, 6.45) is 2.17. The fourth-order valence-corrected chi connectivity index (χ4v) is 4.80. The Hall–Kier alpha value is -2.33. The van der Waals surface area contributed by atoms with E-state index in [1.54, 1.807) is 18.2 Å². The summed E-state index contributed by atoms with van der Waals surface area (Å²) in [5.41, 5.74) is 1.53. The molecule has 2 saturated heterocycles. The third kappa shape index (κ3) is 4.79. The largest absolute Gasteiger partial charge is 0.474 e. The van der Waals surface area contributed by atoms with Gasteiger partial charge >= 0.3 is 0 Å². The monoisotopic (exact) mass is 458 g/mol. The average Bonchev–Trinajstić information content (AvgIpc) is 3.46. The van der Waals surface area contributed by atoms with Gasteiger partial charge < -0.3 is 15.0 Å². The number of nitrogens with one attached hydrogen (secondary N) is 1. The highest BCUT2D eigenvalue weighted by atomic mass is 35.5. The van der Waals surface area contributed by atoms with Gasteiger partial charge in [0.15, 0.2) is 0 Å². The van der Waals surface area contributed by atoms with Gasteiger partial charge in [0.2, 0.25) is 11.8 Å². The predicted molar refractivity (Wildman–Crippen MR) is 119 cm³/mol. The third-order valence-electron chi connectivity index (χ3n) is 6.23. The molecule has 0 bridgehead atoms. The number of rotatable bonds is 5. The molecule has 2 aliphatic rings. The second-order valence-corrected chi connectivity index (χ2v) is 9.01. The Kier molecular flexibility index (Phi) is 6.66. The van der Waals surface area contributed by atoms with E-state index >= 15 is 0 Å². The zero-order valence-corrected chi connectivity index (χ0v) is 18.7. The summed E-state index contributed by atoms with van der Waals surface area (Å²) in [6.45, 7) is 4.84. The van der Waals surface area contributed by atoms with Gasteiger partial charge in [0.25, 0.3) is 0 Å². The Labute approximate surface area is 192 Å². The van der Waals surface area contributed by atoms with Crippen LogP contribution in [0.2, 0.25) is 10.0 Å². The molecule has 1 aromatic heterocycles. The van der Waals surface area contributed by atoms with Crippen molar-refractivity contribution in [2.45, 2.75) is 25.4 Å². The third-order valence-corrected chi connectivity index (χ3v) is 6.97.